The maximum atomic E-state index is 11.6. The summed E-state index contributed by atoms with van der Waals surface area (Å²) in [5.41, 5.74) is 3.15. The molecule has 7 heteroatoms. The molecule has 0 bridgehead atoms. The summed E-state index contributed by atoms with van der Waals surface area (Å²) in [4.78, 5) is 19.2. The van der Waals surface area contributed by atoms with Gasteiger partial charge in [-0.15, -0.1) is 0 Å². The van der Waals surface area contributed by atoms with E-state index in [1.54, 1.807) is 18.2 Å². The summed E-state index contributed by atoms with van der Waals surface area (Å²) in [6.45, 7) is 0. The van der Waals surface area contributed by atoms with Crippen molar-refractivity contribution < 1.29 is 4.79 Å². The average Bonchev–Trinajstić information content (AvgIpc) is 2.42. The Balaban J connectivity index is 2.02. The van der Waals surface area contributed by atoms with Crippen LogP contribution < -0.4 is 5.43 Å². The molecule has 0 fully saturated rings. The van der Waals surface area contributed by atoms with E-state index < -0.39 is 5.91 Å². The standard InChI is InChI=1S/C12H8Cl2N4O/c13-9-2-1-8(10(14)5-9)6-17-18-12(19)11-7-15-3-4-16-11/h1-7H,(H,18,19)/b17-6+. The summed E-state index contributed by atoms with van der Waals surface area (Å²) in [6.07, 6.45) is 5.68. The Bertz CT molecular complexity index is 616. The summed E-state index contributed by atoms with van der Waals surface area (Å²) in [6, 6.07) is 4.97. The molecule has 1 aromatic heterocycles. The molecule has 1 N–H and O–H groups in total. The van der Waals surface area contributed by atoms with E-state index in [1.807, 2.05) is 0 Å². The Hall–Kier alpha value is -1.98. The summed E-state index contributed by atoms with van der Waals surface area (Å²) < 4.78 is 0. The molecule has 0 saturated heterocycles. The van der Waals surface area contributed by atoms with Gasteiger partial charge in [0.05, 0.1) is 17.4 Å². The zero-order valence-electron chi connectivity index (χ0n) is 9.55. The molecule has 0 aliphatic carbocycles. The molecule has 96 valence electrons. The molecule has 1 heterocycles. The van der Waals surface area contributed by atoms with Crippen molar-refractivity contribution in [3.63, 3.8) is 0 Å². The predicted molar refractivity (Wildman–Crippen MR) is 73.6 cm³/mol. The number of amides is 1. The van der Waals surface area contributed by atoms with Gasteiger partial charge in [0.2, 0.25) is 0 Å². The highest BCUT2D eigenvalue weighted by Gasteiger charge is 2.04. The molecule has 2 aromatic rings. The van der Waals surface area contributed by atoms with Gasteiger partial charge >= 0.3 is 0 Å². The largest absolute Gasteiger partial charge is 0.291 e. The third kappa shape index (κ3) is 3.74. The fraction of sp³-hybridized carbons (Fsp3) is 0. The van der Waals surface area contributed by atoms with Gasteiger partial charge in [0.25, 0.3) is 5.91 Å². The number of carbonyl (C=O) groups excluding carboxylic acids is 1. The number of nitrogens with one attached hydrogen (secondary N) is 1. The van der Waals surface area contributed by atoms with Crippen molar-refractivity contribution in [2.24, 2.45) is 5.10 Å². The SMILES string of the molecule is O=C(N/N=C/c1ccc(Cl)cc1Cl)c1cnccn1. The van der Waals surface area contributed by atoms with Crippen molar-refractivity contribution in [3.05, 3.63) is 58.1 Å². The van der Waals surface area contributed by atoms with Crippen LogP contribution in [0.5, 0.6) is 0 Å². The van der Waals surface area contributed by atoms with Gasteiger partial charge < -0.3 is 0 Å². The van der Waals surface area contributed by atoms with E-state index in [2.05, 4.69) is 20.5 Å². The lowest BCUT2D eigenvalue weighted by molar-refractivity contribution is 0.0950. The molecule has 0 aliphatic rings. The Morgan fingerprint density at radius 2 is 2.16 bits per heavy atom. The summed E-state index contributed by atoms with van der Waals surface area (Å²) in [7, 11) is 0. The predicted octanol–water partition coefficient (Wildman–Crippen LogP) is 2.55. The van der Waals surface area contributed by atoms with E-state index in [-0.39, 0.29) is 5.69 Å². The Labute approximate surface area is 119 Å². The van der Waals surface area contributed by atoms with Gasteiger partial charge in [-0.1, -0.05) is 29.3 Å². The summed E-state index contributed by atoms with van der Waals surface area (Å²) in [5.74, 6) is -0.450. The fourth-order valence-electron chi connectivity index (χ4n) is 1.24. The molecule has 0 aliphatic heterocycles. The van der Waals surface area contributed by atoms with Crippen LogP contribution in [-0.2, 0) is 0 Å². The van der Waals surface area contributed by atoms with Crippen LogP contribution >= 0.6 is 23.2 Å². The van der Waals surface area contributed by atoms with Crippen molar-refractivity contribution in [1.29, 1.82) is 0 Å². The van der Waals surface area contributed by atoms with Gasteiger partial charge in [-0.2, -0.15) is 5.10 Å². The highest BCUT2D eigenvalue weighted by Crippen LogP contribution is 2.19. The highest BCUT2D eigenvalue weighted by atomic mass is 35.5. The van der Waals surface area contributed by atoms with Crippen LogP contribution in [0.3, 0.4) is 0 Å². The number of hydrogen-bond acceptors (Lipinski definition) is 4. The van der Waals surface area contributed by atoms with Crippen molar-refractivity contribution in [3.8, 4) is 0 Å². The third-order valence-corrected chi connectivity index (χ3v) is 2.69. The molecule has 0 radical (unpaired) electrons. The van der Waals surface area contributed by atoms with Crippen LogP contribution in [-0.4, -0.2) is 22.1 Å². The number of nitrogens with zero attached hydrogens (tertiary/aromatic N) is 3. The molecule has 0 atom stereocenters. The maximum Gasteiger partial charge on any atom is 0.291 e. The van der Waals surface area contributed by atoms with Crippen LogP contribution in [0.1, 0.15) is 16.1 Å². The summed E-state index contributed by atoms with van der Waals surface area (Å²) >= 11 is 11.7. The average molecular weight is 295 g/mol. The Kier molecular flexibility index (Phi) is 4.43. The van der Waals surface area contributed by atoms with Crippen LogP contribution in [0.25, 0.3) is 0 Å². The van der Waals surface area contributed by atoms with Crippen LogP contribution in [0, 0.1) is 0 Å². The zero-order chi connectivity index (χ0) is 13.7. The first kappa shape index (κ1) is 13.5. The number of halogens is 2. The molecule has 19 heavy (non-hydrogen) atoms. The second-order valence-corrected chi connectivity index (χ2v) is 4.30. The lowest BCUT2D eigenvalue weighted by Crippen LogP contribution is -2.19. The lowest BCUT2D eigenvalue weighted by Gasteiger charge is -1.99. The molecule has 1 amide bonds. The first-order valence-electron chi connectivity index (χ1n) is 5.21. The molecule has 0 saturated carbocycles. The first-order chi connectivity index (χ1) is 9.16. The van der Waals surface area contributed by atoms with Gasteiger partial charge in [-0.25, -0.2) is 10.4 Å². The smallest absolute Gasteiger partial charge is 0.265 e. The zero-order valence-corrected chi connectivity index (χ0v) is 11.1. The minimum absolute atomic E-state index is 0.182. The monoisotopic (exact) mass is 294 g/mol. The number of aromatic nitrogens is 2. The third-order valence-electron chi connectivity index (χ3n) is 2.13. The summed E-state index contributed by atoms with van der Waals surface area (Å²) in [5, 5.41) is 4.77. The Morgan fingerprint density at radius 3 is 2.84 bits per heavy atom. The molecule has 2 rings (SSSR count). The maximum absolute atomic E-state index is 11.6. The normalized spacial score (nSPS) is 10.6. The molecule has 0 unspecified atom stereocenters. The molecule has 5 nitrogen and oxygen atoms in total. The van der Waals surface area contributed by atoms with Crippen LogP contribution in [0.2, 0.25) is 10.0 Å². The quantitative estimate of drug-likeness (QED) is 0.699. The van der Waals surface area contributed by atoms with Crippen molar-refractivity contribution in [2.45, 2.75) is 0 Å². The fourth-order valence-corrected chi connectivity index (χ4v) is 1.70. The van der Waals surface area contributed by atoms with Crippen molar-refractivity contribution in [2.75, 3.05) is 0 Å². The van der Waals surface area contributed by atoms with E-state index >= 15 is 0 Å². The molecule has 0 spiro atoms. The number of carbonyl (C=O) groups is 1. The lowest BCUT2D eigenvalue weighted by atomic mass is 10.2. The molecular formula is C12H8Cl2N4O. The van der Waals surface area contributed by atoms with Crippen LogP contribution in [0.15, 0.2) is 41.9 Å². The number of hydrogen-bond donors (Lipinski definition) is 1. The number of rotatable bonds is 3. The van der Waals surface area contributed by atoms with E-state index in [0.717, 1.165) is 0 Å². The van der Waals surface area contributed by atoms with E-state index in [0.29, 0.717) is 15.6 Å². The minimum atomic E-state index is -0.450. The minimum Gasteiger partial charge on any atom is -0.265 e. The second-order valence-electron chi connectivity index (χ2n) is 3.46. The van der Waals surface area contributed by atoms with Crippen LogP contribution in [0.4, 0.5) is 0 Å². The van der Waals surface area contributed by atoms with Gasteiger partial charge in [0.1, 0.15) is 5.69 Å². The van der Waals surface area contributed by atoms with Gasteiger partial charge in [0.15, 0.2) is 0 Å². The van der Waals surface area contributed by atoms with Gasteiger partial charge in [-0.05, 0) is 12.1 Å². The number of hydrazone groups is 1. The topological polar surface area (TPSA) is 67.2 Å². The van der Waals surface area contributed by atoms with Crippen molar-refractivity contribution in [1.82, 2.24) is 15.4 Å². The van der Waals surface area contributed by atoms with E-state index in [1.165, 1.54) is 24.8 Å². The highest BCUT2D eigenvalue weighted by molar-refractivity contribution is 6.36. The molecular weight excluding hydrogens is 287 g/mol. The van der Waals surface area contributed by atoms with Gasteiger partial charge in [0, 0.05) is 23.0 Å². The first-order valence-corrected chi connectivity index (χ1v) is 5.97. The van der Waals surface area contributed by atoms with E-state index in [4.69, 9.17) is 23.2 Å². The van der Waals surface area contributed by atoms with E-state index in [9.17, 15) is 4.79 Å². The number of benzene rings is 1. The van der Waals surface area contributed by atoms with Crippen molar-refractivity contribution >= 4 is 35.3 Å². The van der Waals surface area contributed by atoms with Gasteiger partial charge in [-0.3, -0.25) is 9.78 Å². The second kappa shape index (κ2) is 6.26. The molecule has 1 aromatic carbocycles. The Morgan fingerprint density at radius 1 is 1.32 bits per heavy atom.